The van der Waals surface area contributed by atoms with E-state index in [4.69, 9.17) is 0 Å². The summed E-state index contributed by atoms with van der Waals surface area (Å²) in [5, 5.41) is 14.1. The van der Waals surface area contributed by atoms with Crippen LogP contribution in [0, 0.1) is 17.8 Å². The van der Waals surface area contributed by atoms with Crippen LogP contribution in [-0.2, 0) is 5.75 Å². The van der Waals surface area contributed by atoms with E-state index in [1.54, 1.807) is 23.1 Å². The number of thioether (sulfide) groups is 1. The molecule has 0 saturated heterocycles. The van der Waals surface area contributed by atoms with Gasteiger partial charge >= 0.3 is 0 Å². The summed E-state index contributed by atoms with van der Waals surface area (Å²) < 4.78 is 3.03. The van der Waals surface area contributed by atoms with Crippen LogP contribution in [0.15, 0.2) is 38.9 Å². The Balaban J connectivity index is 1.32. The van der Waals surface area contributed by atoms with Crippen LogP contribution in [0.3, 0.4) is 0 Å². The van der Waals surface area contributed by atoms with Crippen LogP contribution >= 0.6 is 34.4 Å². The van der Waals surface area contributed by atoms with E-state index in [-0.39, 0.29) is 5.56 Å². The summed E-state index contributed by atoms with van der Waals surface area (Å²) in [6.45, 7) is 2.34. The Morgan fingerprint density at radius 1 is 1.23 bits per heavy atom. The van der Waals surface area contributed by atoms with Gasteiger partial charge in [0.05, 0.1) is 16.1 Å². The minimum absolute atomic E-state index is 0.0632. The van der Waals surface area contributed by atoms with Gasteiger partial charge in [0.25, 0.3) is 5.56 Å². The number of aromatic amines is 1. The van der Waals surface area contributed by atoms with Crippen molar-refractivity contribution in [3.05, 3.63) is 45.1 Å². The van der Waals surface area contributed by atoms with E-state index in [1.807, 2.05) is 11.4 Å². The Kier molecular flexibility index (Phi) is 5.00. The van der Waals surface area contributed by atoms with Crippen LogP contribution in [0.1, 0.15) is 44.5 Å². The first-order chi connectivity index (χ1) is 15.2. The third kappa shape index (κ3) is 3.47. The van der Waals surface area contributed by atoms with Gasteiger partial charge < -0.3 is 4.98 Å². The second-order valence-electron chi connectivity index (χ2n) is 8.67. The molecule has 0 aromatic carbocycles. The fourth-order valence-corrected chi connectivity index (χ4v) is 7.84. The topological polar surface area (TPSA) is 76.5 Å². The van der Waals surface area contributed by atoms with Crippen LogP contribution in [0.25, 0.3) is 20.9 Å². The summed E-state index contributed by atoms with van der Waals surface area (Å²) in [6, 6.07) is 6.45. The summed E-state index contributed by atoms with van der Waals surface area (Å²) in [5.74, 6) is 4.63. The van der Waals surface area contributed by atoms with Gasteiger partial charge in [-0.05, 0) is 66.8 Å². The molecule has 4 aromatic heterocycles. The summed E-state index contributed by atoms with van der Waals surface area (Å²) in [5.41, 5.74) is 0.701. The number of thiophene rings is 2. The van der Waals surface area contributed by atoms with Crippen molar-refractivity contribution in [2.75, 3.05) is 0 Å². The van der Waals surface area contributed by atoms with Crippen LogP contribution < -0.4 is 5.56 Å². The third-order valence-corrected chi connectivity index (χ3v) is 9.65. The standard InChI is InChI=1S/C22H23N5OS3/c1-12(15-10-13-4-5-14(15)9-13)27-20(17-3-2-7-29-17)25-26-22(27)31-11-18-23-16-6-8-30-19(16)21(28)24-18/h2-3,6-8,12-15H,4-5,9-11H2,1H3,(H,23,24,28). The number of nitrogens with one attached hydrogen (secondary N) is 1. The lowest BCUT2D eigenvalue weighted by atomic mass is 9.84. The minimum atomic E-state index is -0.0632. The number of H-pyrrole nitrogens is 1. The molecule has 2 saturated carbocycles. The molecule has 4 heterocycles. The van der Waals surface area contributed by atoms with Crippen LogP contribution in [0.5, 0.6) is 0 Å². The fraction of sp³-hybridized carbons (Fsp3) is 0.455. The molecule has 0 amide bonds. The number of aromatic nitrogens is 5. The maximum absolute atomic E-state index is 12.3. The van der Waals surface area contributed by atoms with Gasteiger partial charge in [0.2, 0.25) is 0 Å². The smallest absolute Gasteiger partial charge is 0.268 e. The van der Waals surface area contributed by atoms with Gasteiger partial charge in [0.1, 0.15) is 10.5 Å². The van der Waals surface area contributed by atoms with Crippen molar-refractivity contribution in [2.45, 2.75) is 49.6 Å². The van der Waals surface area contributed by atoms with E-state index < -0.39 is 0 Å². The number of hydrogen-bond acceptors (Lipinski definition) is 7. The molecule has 2 aliphatic carbocycles. The predicted molar refractivity (Wildman–Crippen MR) is 127 cm³/mol. The van der Waals surface area contributed by atoms with E-state index in [0.717, 1.165) is 33.2 Å². The van der Waals surface area contributed by atoms with E-state index in [2.05, 4.69) is 49.2 Å². The predicted octanol–water partition coefficient (Wildman–Crippen LogP) is 5.59. The van der Waals surface area contributed by atoms with Crippen LogP contribution in [0.2, 0.25) is 0 Å². The van der Waals surface area contributed by atoms with Crippen molar-refractivity contribution < 1.29 is 0 Å². The molecule has 4 atom stereocenters. The molecule has 160 valence electrons. The van der Waals surface area contributed by atoms with Crippen LogP contribution in [-0.4, -0.2) is 24.7 Å². The van der Waals surface area contributed by atoms with Crippen molar-refractivity contribution in [3.8, 4) is 10.7 Å². The molecule has 0 radical (unpaired) electrons. The zero-order valence-corrected chi connectivity index (χ0v) is 19.6. The van der Waals surface area contributed by atoms with Gasteiger partial charge in [-0.3, -0.25) is 9.36 Å². The molecule has 0 spiro atoms. The SMILES string of the molecule is CC(C1CC2CCC1C2)n1c(SCc2nc3ccsc3c(=O)[nH]2)nnc1-c1cccs1. The zero-order valence-electron chi connectivity index (χ0n) is 17.2. The molecule has 2 bridgehead atoms. The monoisotopic (exact) mass is 469 g/mol. The maximum Gasteiger partial charge on any atom is 0.268 e. The second-order valence-corrected chi connectivity index (χ2v) is 11.5. The highest BCUT2D eigenvalue weighted by Gasteiger charge is 2.43. The van der Waals surface area contributed by atoms with Gasteiger partial charge in [-0.1, -0.05) is 24.2 Å². The normalized spacial score (nSPS) is 23.7. The Bertz CT molecular complexity index is 1270. The zero-order chi connectivity index (χ0) is 20.9. The average molecular weight is 470 g/mol. The Morgan fingerprint density at radius 3 is 2.94 bits per heavy atom. The van der Waals surface area contributed by atoms with Crippen molar-refractivity contribution >= 4 is 44.7 Å². The lowest BCUT2D eigenvalue weighted by molar-refractivity contribution is 0.235. The number of nitrogens with zero attached hydrogens (tertiary/aromatic N) is 4. The van der Waals surface area contributed by atoms with Crippen molar-refractivity contribution in [2.24, 2.45) is 17.8 Å². The Labute approximate surface area is 192 Å². The highest BCUT2D eigenvalue weighted by Crippen LogP contribution is 2.53. The van der Waals surface area contributed by atoms with Gasteiger partial charge in [-0.2, -0.15) is 0 Å². The minimum Gasteiger partial charge on any atom is -0.309 e. The highest BCUT2D eigenvalue weighted by atomic mass is 32.2. The Hall–Kier alpha value is -1.97. The lowest BCUT2D eigenvalue weighted by Crippen LogP contribution is -2.23. The van der Waals surface area contributed by atoms with Crippen molar-refractivity contribution in [3.63, 3.8) is 0 Å². The highest BCUT2D eigenvalue weighted by molar-refractivity contribution is 7.98. The molecule has 9 heteroatoms. The molecule has 1 N–H and O–H groups in total. The molecule has 31 heavy (non-hydrogen) atoms. The summed E-state index contributed by atoms with van der Waals surface area (Å²) in [4.78, 5) is 21.0. The first-order valence-corrected chi connectivity index (χ1v) is 13.5. The number of hydrogen-bond donors (Lipinski definition) is 1. The largest absolute Gasteiger partial charge is 0.309 e. The Morgan fingerprint density at radius 2 is 2.16 bits per heavy atom. The average Bonchev–Trinajstić information content (AvgIpc) is 3.57. The first kappa shape index (κ1) is 19.7. The number of rotatable bonds is 6. The molecule has 4 aromatic rings. The van der Waals surface area contributed by atoms with E-state index in [1.165, 1.54) is 37.0 Å². The second kappa shape index (κ2) is 7.86. The maximum atomic E-state index is 12.3. The van der Waals surface area contributed by atoms with E-state index in [9.17, 15) is 4.79 Å². The molecule has 6 rings (SSSR count). The molecule has 4 unspecified atom stereocenters. The molecule has 6 nitrogen and oxygen atoms in total. The first-order valence-electron chi connectivity index (χ1n) is 10.8. The summed E-state index contributed by atoms with van der Waals surface area (Å²) in [6.07, 6.45) is 5.48. The van der Waals surface area contributed by atoms with E-state index >= 15 is 0 Å². The lowest BCUT2D eigenvalue weighted by Gasteiger charge is -2.30. The van der Waals surface area contributed by atoms with Crippen LogP contribution in [0.4, 0.5) is 0 Å². The van der Waals surface area contributed by atoms with Gasteiger partial charge in [0.15, 0.2) is 11.0 Å². The van der Waals surface area contributed by atoms with Crippen molar-refractivity contribution in [1.82, 2.24) is 24.7 Å². The van der Waals surface area contributed by atoms with E-state index in [0.29, 0.717) is 28.2 Å². The quantitative estimate of drug-likeness (QED) is 0.372. The summed E-state index contributed by atoms with van der Waals surface area (Å²) >= 11 is 4.74. The molecular weight excluding hydrogens is 446 g/mol. The molecule has 0 aliphatic heterocycles. The van der Waals surface area contributed by atoms with Gasteiger partial charge in [-0.15, -0.1) is 32.9 Å². The fourth-order valence-electron chi connectivity index (χ4n) is 5.52. The van der Waals surface area contributed by atoms with Gasteiger partial charge in [0, 0.05) is 6.04 Å². The van der Waals surface area contributed by atoms with Crippen molar-refractivity contribution in [1.29, 1.82) is 0 Å². The van der Waals surface area contributed by atoms with Gasteiger partial charge in [-0.25, -0.2) is 4.98 Å². The third-order valence-electron chi connectivity index (χ3n) is 6.93. The molecule has 2 aliphatic rings. The molecule has 2 fully saturated rings. The summed E-state index contributed by atoms with van der Waals surface area (Å²) in [7, 11) is 0. The number of fused-ring (bicyclic) bond motifs is 3. The molecular formula is C22H23N5OS3.